The molecule has 5 heteroatoms. The zero-order valence-electron chi connectivity index (χ0n) is 13.8. The first-order valence-corrected chi connectivity index (χ1v) is 8.79. The van der Waals surface area contributed by atoms with Crippen molar-refractivity contribution in [3.05, 3.63) is 100 Å². The predicted molar refractivity (Wildman–Crippen MR) is 104 cm³/mol. The maximum absolute atomic E-state index is 12.2. The highest BCUT2D eigenvalue weighted by atomic mass is 79.9. The van der Waals surface area contributed by atoms with E-state index in [0.29, 0.717) is 16.8 Å². The number of anilines is 1. The second-order valence-electron chi connectivity index (χ2n) is 5.60. The van der Waals surface area contributed by atoms with Gasteiger partial charge in [0.2, 0.25) is 0 Å². The molecule has 0 spiro atoms. The van der Waals surface area contributed by atoms with Crippen LogP contribution < -0.4 is 5.32 Å². The Bertz CT molecular complexity index is 908. The largest absolute Gasteiger partial charge is 0.457 e. The molecule has 0 saturated carbocycles. The van der Waals surface area contributed by atoms with Gasteiger partial charge in [0.15, 0.2) is 0 Å². The third-order valence-electron chi connectivity index (χ3n) is 3.68. The molecule has 1 N–H and O–H groups in total. The second-order valence-corrected chi connectivity index (χ2v) is 6.52. The molecule has 0 radical (unpaired) electrons. The lowest BCUT2D eigenvalue weighted by molar-refractivity contribution is 0.0472. The number of hydrogen-bond acceptors (Lipinski definition) is 3. The summed E-state index contributed by atoms with van der Waals surface area (Å²) in [5.74, 6) is -0.672. The highest BCUT2D eigenvalue weighted by Crippen LogP contribution is 2.15. The molecule has 1 amide bonds. The van der Waals surface area contributed by atoms with Gasteiger partial charge in [-0.1, -0.05) is 52.3 Å². The summed E-state index contributed by atoms with van der Waals surface area (Å²) in [5, 5.41) is 2.78. The maximum atomic E-state index is 12.2. The van der Waals surface area contributed by atoms with Crippen molar-refractivity contribution in [2.24, 2.45) is 0 Å². The highest BCUT2D eigenvalue weighted by molar-refractivity contribution is 9.10. The van der Waals surface area contributed by atoms with Gasteiger partial charge in [-0.3, -0.25) is 4.79 Å². The van der Waals surface area contributed by atoms with Crippen LogP contribution in [0.1, 0.15) is 26.3 Å². The molecule has 4 nitrogen and oxygen atoms in total. The van der Waals surface area contributed by atoms with Gasteiger partial charge in [-0.25, -0.2) is 4.79 Å². The van der Waals surface area contributed by atoms with Crippen molar-refractivity contribution in [2.45, 2.75) is 6.61 Å². The fraction of sp³-hybridized carbons (Fsp3) is 0.0476. The van der Waals surface area contributed by atoms with E-state index < -0.39 is 5.97 Å². The molecule has 0 aromatic heterocycles. The third-order valence-corrected chi connectivity index (χ3v) is 4.20. The maximum Gasteiger partial charge on any atom is 0.338 e. The first kappa shape index (κ1) is 17.9. The van der Waals surface area contributed by atoms with Crippen LogP contribution in [0.3, 0.4) is 0 Å². The molecule has 0 fully saturated rings. The van der Waals surface area contributed by atoms with Gasteiger partial charge in [-0.15, -0.1) is 0 Å². The molecule has 26 heavy (non-hydrogen) atoms. The van der Waals surface area contributed by atoms with E-state index in [0.717, 1.165) is 10.0 Å². The minimum atomic E-state index is -0.441. The molecule has 0 aliphatic carbocycles. The van der Waals surface area contributed by atoms with Crippen LogP contribution >= 0.6 is 15.9 Å². The monoisotopic (exact) mass is 409 g/mol. The van der Waals surface area contributed by atoms with Gasteiger partial charge in [0.25, 0.3) is 5.91 Å². The highest BCUT2D eigenvalue weighted by Gasteiger charge is 2.10. The van der Waals surface area contributed by atoms with Crippen molar-refractivity contribution < 1.29 is 14.3 Å². The smallest absolute Gasteiger partial charge is 0.338 e. The van der Waals surface area contributed by atoms with Crippen LogP contribution in [0.15, 0.2) is 83.3 Å². The quantitative estimate of drug-likeness (QED) is 0.599. The van der Waals surface area contributed by atoms with E-state index in [-0.39, 0.29) is 12.5 Å². The van der Waals surface area contributed by atoms with Crippen molar-refractivity contribution in [1.82, 2.24) is 0 Å². The number of carbonyl (C=O) groups excluding carboxylic acids is 2. The zero-order chi connectivity index (χ0) is 18.4. The first-order valence-electron chi connectivity index (χ1n) is 8.00. The fourth-order valence-corrected chi connectivity index (χ4v) is 2.59. The van der Waals surface area contributed by atoms with E-state index in [9.17, 15) is 9.59 Å². The number of rotatable bonds is 5. The molecule has 0 atom stereocenters. The first-order chi connectivity index (χ1) is 12.6. The van der Waals surface area contributed by atoms with Crippen LogP contribution in [0.4, 0.5) is 5.69 Å². The Morgan fingerprint density at radius 2 is 1.54 bits per heavy atom. The van der Waals surface area contributed by atoms with Gasteiger partial charge in [0.05, 0.1) is 5.56 Å². The second kappa shape index (κ2) is 8.45. The number of benzene rings is 3. The number of ether oxygens (including phenoxy) is 1. The molecule has 130 valence electrons. The molecule has 3 rings (SSSR count). The number of halogens is 1. The van der Waals surface area contributed by atoms with Gasteiger partial charge < -0.3 is 10.1 Å². The molecular weight excluding hydrogens is 394 g/mol. The Kier molecular flexibility index (Phi) is 5.81. The zero-order valence-corrected chi connectivity index (χ0v) is 15.4. The topological polar surface area (TPSA) is 55.4 Å². The Hall–Kier alpha value is -2.92. The van der Waals surface area contributed by atoms with Crippen molar-refractivity contribution in [1.29, 1.82) is 0 Å². The Labute approximate surface area is 159 Å². The van der Waals surface area contributed by atoms with Gasteiger partial charge >= 0.3 is 5.97 Å². The molecule has 0 unspecified atom stereocenters. The number of hydrogen-bond donors (Lipinski definition) is 1. The molecule has 3 aromatic rings. The van der Waals surface area contributed by atoms with Crippen LogP contribution in [0.5, 0.6) is 0 Å². The van der Waals surface area contributed by atoms with Crippen LogP contribution in [0, 0.1) is 0 Å². The third kappa shape index (κ3) is 4.80. The van der Waals surface area contributed by atoms with Crippen LogP contribution in [-0.4, -0.2) is 11.9 Å². The minimum Gasteiger partial charge on any atom is -0.457 e. The van der Waals surface area contributed by atoms with Crippen molar-refractivity contribution in [3.63, 3.8) is 0 Å². The Morgan fingerprint density at radius 1 is 0.846 bits per heavy atom. The molecule has 0 saturated heterocycles. The van der Waals surface area contributed by atoms with E-state index in [1.165, 1.54) is 0 Å². The van der Waals surface area contributed by atoms with Gasteiger partial charge in [0.1, 0.15) is 6.61 Å². The predicted octanol–water partition coefficient (Wildman–Crippen LogP) is 5.06. The summed E-state index contributed by atoms with van der Waals surface area (Å²) in [6, 6.07) is 23.1. The number of esters is 1. The van der Waals surface area contributed by atoms with E-state index in [1.807, 2.05) is 30.3 Å². The molecule has 0 aliphatic rings. The molecule has 0 aliphatic heterocycles. The lowest BCUT2D eigenvalue weighted by atomic mass is 10.1. The van der Waals surface area contributed by atoms with Gasteiger partial charge in [-0.05, 0) is 48.0 Å². The Morgan fingerprint density at radius 3 is 2.27 bits per heavy atom. The van der Waals surface area contributed by atoms with Crippen molar-refractivity contribution in [2.75, 3.05) is 5.32 Å². The average molecular weight is 410 g/mol. The van der Waals surface area contributed by atoms with E-state index in [1.54, 1.807) is 48.5 Å². The number of nitrogens with one attached hydrogen (secondary N) is 1. The number of carbonyl (C=O) groups is 2. The SMILES string of the molecule is O=C(Nc1cccc(C(=O)OCc2ccc(Br)cc2)c1)c1ccccc1. The van der Waals surface area contributed by atoms with Crippen LogP contribution in [0.2, 0.25) is 0 Å². The van der Waals surface area contributed by atoms with Crippen molar-refractivity contribution >= 4 is 33.5 Å². The average Bonchev–Trinajstić information content (AvgIpc) is 2.68. The van der Waals surface area contributed by atoms with E-state index >= 15 is 0 Å². The fourth-order valence-electron chi connectivity index (χ4n) is 2.33. The molecule has 0 heterocycles. The summed E-state index contributed by atoms with van der Waals surface area (Å²) in [4.78, 5) is 24.5. The summed E-state index contributed by atoms with van der Waals surface area (Å²) in [6.45, 7) is 0.187. The van der Waals surface area contributed by atoms with Gasteiger partial charge in [0, 0.05) is 15.7 Å². The molecular formula is C21H16BrNO3. The van der Waals surface area contributed by atoms with E-state index in [2.05, 4.69) is 21.2 Å². The summed E-state index contributed by atoms with van der Waals surface area (Å²) < 4.78 is 6.30. The minimum absolute atomic E-state index is 0.187. The summed E-state index contributed by atoms with van der Waals surface area (Å²) in [7, 11) is 0. The normalized spacial score (nSPS) is 10.2. The molecule has 3 aromatic carbocycles. The van der Waals surface area contributed by atoms with Gasteiger partial charge in [-0.2, -0.15) is 0 Å². The lowest BCUT2D eigenvalue weighted by Gasteiger charge is -2.08. The standard InChI is InChI=1S/C21H16BrNO3/c22-18-11-9-15(10-12-18)14-26-21(25)17-7-4-8-19(13-17)23-20(24)16-5-2-1-3-6-16/h1-13H,14H2,(H,23,24). The van der Waals surface area contributed by atoms with Crippen LogP contribution in [0.25, 0.3) is 0 Å². The summed E-state index contributed by atoms with van der Waals surface area (Å²) >= 11 is 3.36. The summed E-state index contributed by atoms with van der Waals surface area (Å²) in [6.07, 6.45) is 0. The van der Waals surface area contributed by atoms with Crippen LogP contribution in [-0.2, 0) is 11.3 Å². The van der Waals surface area contributed by atoms with Crippen molar-refractivity contribution in [3.8, 4) is 0 Å². The summed E-state index contributed by atoms with van der Waals surface area (Å²) in [5.41, 5.74) is 2.37. The van der Waals surface area contributed by atoms with E-state index in [4.69, 9.17) is 4.74 Å². The number of amides is 1. The molecule has 0 bridgehead atoms. The lowest BCUT2D eigenvalue weighted by Crippen LogP contribution is -2.12. The Balaban J connectivity index is 1.63.